The number of carbonyl (C=O) groups excluding carboxylic acids is 7. The first-order chi connectivity index (χ1) is 27.8. The Kier molecular flexibility index (Phi) is 9.81. The summed E-state index contributed by atoms with van der Waals surface area (Å²) in [6, 6.07) is 0. The van der Waals surface area contributed by atoms with Crippen LogP contribution in [0.4, 0.5) is 0 Å². The number of ketones is 1. The first kappa shape index (κ1) is 43.0. The van der Waals surface area contributed by atoms with E-state index in [0.717, 1.165) is 0 Å². The van der Waals surface area contributed by atoms with Crippen molar-refractivity contribution in [3.05, 3.63) is 0 Å². The molecule has 8 aliphatic rings. The Labute approximate surface area is 349 Å². The van der Waals surface area contributed by atoms with Crippen molar-refractivity contribution in [3.8, 4) is 0 Å². The number of hydrogen-bond acceptors (Lipinski definition) is 16. The zero-order valence-electron chi connectivity index (χ0n) is 36.5. The number of carbonyl (C=O) groups is 7. The van der Waals surface area contributed by atoms with Crippen molar-refractivity contribution < 1.29 is 76.6 Å². The molecule has 0 amide bonds. The van der Waals surface area contributed by atoms with Crippen LogP contribution in [0.1, 0.15) is 102 Å². The fourth-order valence-corrected chi connectivity index (χ4v) is 14.3. The number of aliphatic hydroxyl groups excluding tert-OH is 1. The van der Waals surface area contributed by atoms with Crippen LogP contribution in [0.15, 0.2) is 0 Å². The van der Waals surface area contributed by atoms with Crippen molar-refractivity contribution in [2.75, 3.05) is 0 Å². The molecule has 3 heterocycles. The molecule has 3 saturated heterocycles. The summed E-state index contributed by atoms with van der Waals surface area (Å²) in [6.45, 7) is 19.7. The summed E-state index contributed by atoms with van der Waals surface area (Å²) >= 11 is 0. The van der Waals surface area contributed by atoms with Crippen LogP contribution in [0.2, 0.25) is 0 Å². The van der Waals surface area contributed by atoms with Crippen molar-refractivity contribution in [1.29, 1.82) is 0 Å². The predicted molar refractivity (Wildman–Crippen MR) is 202 cm³/mol. The van der Waals surface area contributed by atoms with Gasteiger partial charge < -0.3 is 43.0 Å². The fraction of sp³-hybridized carbons (Fsp3) is 0.841. The molecule has 0 bridgehead atoms. The Morgan fingerprint density at radius 3 is 1.93 bits per heavy atom. The van der Waals surface area contributed by atoms with Crippen LogP contribution in [-0.2, 0) is 71.5 Å². The van der Waals surface area contributed by atoms with Crippen LogP contribution in [0, 0.1) is 69.5 Å². The highest BCUT2D eigenvalue weighted by molar-refractivity contribution is 5.91. The Hall–Kier alpha value is -3.63. The van der Waals surface area contributed by atoms with Crippen LogP contribution >= 0.6 is 0 Å². The Bertz CT molecular complexity index is 1910. The minimum Gasteiger partial charge on any atom is -0.459 e. The van der Waals surface area contributed by atoms with Gasteiger partial charge in [-0.2, -0.15) is 0 Å². The molecule has 332 valence electrons. The van der Waals surface area contributed by atoms with E-state index >= 15 is 4.79 Å². The topological polar surface area (TPSA) is 220 Å². The molecule has 5 saturated carbocycles. The summed E-state index contributed by atoms with van der Waals surface area (Å²) in [5.41, 5.74) is -6.36. The number of ether oxygens (including phenoxy) is 8. The third kappa shape index (κ3) is 5.53. The molecular weight excluding hydrogens is 784 g/mol. The van der Waals surface area contributed by atoms with E-state index in [4.69, 9.17) is 37.9 Å². The standard InChI is InChI=1S/C44H60O16/c1-16(2)13-24(48)57-34-26-28-32(51)30-27(18(5)36-44(59-36)42(30,11)43(12,39(52)60-44)58-25(49)14-17(3)4)41(28,10)38(55-21(8)47)35(53-19(6)45)29(26)40(9)22(31(34)50)15-23-33(56-23)37(40)54-20(7)46/h16-18,22-23,26-30,32-38,51H,13-15H2,1-12H3/t18-,22+,23-,26-,27-,28+,29+,30-,32+,33-,34+,35-,36+,37-,38-,40-,41+,42-,43+,44-/m0/s1. The van der Waals surface area contributed by atoms with Crippen LogP contribution in [0.3, 0.4) is 0 Å². The summed E-state index contributed by atoms with van der Waals surface area (Å²) in [5.74, 6) is -13.0. The maximum atomic E-state index is 15.4. The van der Waals surface area contributed by atoms with Crippen molar-refractivity contribution in [3.63, 3.8) is 0 Å². The molecule has 1 N–H and O–H groups in total. The zero-order valence-corrected chi connectivity index (χ0v) is 36.5. The summed E-state index contributed by atoms with van der Waals surface area (Å²) in [7, 11) is 0. The lowest BCUT2D eigenvalue weighted by molar-refractivity contribution is -0.274. The number of hydrogen-bond donors (Lipinski definition) is 1. The van der Waals surface area contributed by atoms with Crippen molar-refractivity contribution in [1.82, 2.24) is 0 Å². The summed E-state index contributed by atoms with van der Waals surface area (Å²) < 4.78 is 49.9. The highest BCUT2D eigenvalue weighted by atomic mass is 16.8. The highest BCUT2D eigenvalue weighted by Gasteiger charge is 2.94. The van der Waals surface area contributed by atoms with Gasteiger partial charge in [-0.1, -0.05) is 48.5 Å². The first-order valence-corrected chi connectivity index (χ1v) is 21.5. The largest absolute Gasteiger partial charge is 0.459 e. The van der Waals surface area contributed by atoms with E-state index in [2.05, 4.69) is 0 Å². The van der Waals surface area contributed by atoms with E-state index < -0.39 is 159 Å². The number of fused-ring (bicyclic) bond motifs is 9. The molecule has 0 radical (unpaired) electrons. The van der Waals surface area contributed by atoms with Crippen LogP contribution < -0.4 is 0 Å². The minimum absolute atomic E-state index is 0.00762. The highest BCUT2D eigenvalue weighted by Crippen LogP contribution is 2.81. The molecular formula is C44H60O16. The van der Waals surface area contributed by atoms with Gasteiger partial charge in [0.05, 0.1) is 17.6 Å². The van der Waals surface area contributed by atoms with E-state index in [1.54, 1.807) is 13.8 Å². The number of epoxide rings is 2. The lowest BCUT2D eigenvalue weighted by atomic mass is 9.41. The van der Waals surface area contributed by atoms with Crippen molar-refractivity contribution >= 4 is 41.6 Å². The quantitative estimate of drug-likeness (QED) is 0.200. The van der Waals surface area contributed by atoms with Gasteiger partial charge in [0.2, 0.25) is 5.60 Å². The van der Waals surface area contributed by atoms with Gasteiger partial charge in [-0.15, -0.1) is 0 Å². The van der Waals surface area contributed by atoms with Gasteiger partial charge in [-0.25, -0.2) is 4.79 Å². The van der Waals surface area contributed by atoms with Crippen LogP contribution in [-0.4, -0.2) is 107 Å². The second-order valence-corrected chi connectivity index (χ2v) is 20.6. The molecule has 0 unspecified atom stereocenters. The van der Waals surface area contributed by atoms with Gasteiger partial charge in [0, 0.05) is 74.0 Å². The third-order valence-electron chi connectivity index (χ3n) is 16.4. The molecule has 3 aliphatic heterocycles. The Morgan fingerprint density at radius 1 is 0.767 bits per heavy atom. The fourth-order valence-electron chi connectivity index (χ4n) is 14.3. The Balaban J connectivity index is 1.38. The predicted octanol–water partition coefficient (Wildman–Crippen LogP) is 3.25. The average Bonchev–Trinajstić information content (AvgIpc) is 4.02. The lowest BCUT2D eigenvalue weighted by Gasteiger charge is -2.65. The van der Waals surface area contributed by atoms with Crippen LogP contribution in [0.25, 0.3) is 0 Å². The second kappa shape index (κ2) is 13.7. The molecule has 16 heteroatoms. The van der Waals surface area contributed by atoms with E-state index in [1.165, 1.54) is 27.7 Å². The molecule has 0 aromatic rings. The zero-order chi connectivity index (χ0) is 44.1. The van der Waals surface area contributed by atoms with E-state index in [1.807, 2.05) is 41.5 Å². The normalized spacial score (nSPS) is 50.0. The van der Waals surface area contributed by atoms with Crippen LogP contribution in [0.5, 0.6) is 0 Å². The van der Waals surface area contributed by atoms with Gasteiger partial charge in [-0.3, -0.25) is 28.8 Å². The van der Waals surface area contributed by atoms with E-state index in [-0.39, 0.29) is 31.1 Å². The number of esters is 6. The molecule has 16 nitrogen and oxygen atoms in total. The molecule has 0 aromatic carbocycles. The minimum atomic E-state index is -1.99. The van der Waals surface area contributed by atoms with E-state index in [0.29, 0.717) is 0 Å². The SMILES string of the molecule is CC(=O)O[C@H]1[C@H]2[C@H]([C@@H]3[C@@H](O)[C@@H]4[C@H]([C@H](C)[C@H]5O[C@]56OC(=O)[C@@](C)(OC(=O)CC(C)C)[C@]46C)[C@@]3(C)[C@H]1OC(C)=O)[C@@H](OC(=O)CC(C)C)C(=O)[C@H]1C[C@@H]3O[C@@H]3[C@H](OC(C)=O)[C@]21C. The summed E-state index contributed by atoms with van der Waals surface area (Å²) in [6.07, 6.45) is -8.33. The van der Waals surface area contributed by atoms with Gasteiger partial charge in [0.25, 0.3) is 5.79 Å². The molecule has 20 atom stereocenters. The molecule has 60 heavy (non-hydrogen) atoms. The number of aliphatic hydroxyl groups is 1. The first-order valence-electron chi connectivity index (χ1n) is 21.5. The monoisotopic (exact) mass is 844 g/mol. The smallest absolute Gasteiger partial charge is 0.353 e. The van der Waals surface area contributed by atoms with Gasteiger partial charge in [0.1, 0.15) is 30.5 Å². The maximum absolute atomic E-state index is 15.4. The summed E-state index contributed by atoms with van der Waals surface area (Å²) in [5, 5.41) is 13.5. The molecule has 0 aromatic heterocycles. The third-order valence-corrected chi connectivity index (χ3v) is 16.4. The number of rotatable bonds is 9. The average molecular weight is 845 g/mol. The van der Waals surface area contributed by atoms with Gasteiger partial charge in [0.15, 0.2) is 11.9 Å². The molecule has 8 fully saturated rings. The molecule has 5 aliphatic carbocycles. The lowest BCUT2D eigenvalue weighted by Crippen LogP contribution is -2.75. The summed E-state index contributed by atoms with van der Waals surface area (Å²) in [4.78, 5) is 96.8. The van der Waals surface area contributed by atoms with Crippen molar-refractivity contribution in [2.24, 2.45) is 69.5 Å². The van der Waals surface area contributed by atoms with Gasteiger partial charge >= 0.3 is 35.8 Å². The second-order valence-electron chi connectivity index (χ2n) is 20.6. The van der Waals surface area contributed by atoms with Crippen molar-refractivity contribution in [2.45, 2.75) is 163 Å². The van der Waals surface area contributed by atoms with Gasteiger partial charge in [-0.05, 0) is 43.9 Å². The Morgan fingerprint density at radius 2 is 1.35 bits per heavy atom. The molecule has 1 spiro atoms. The van der Waals surface area contributed by atoms with E-state index in [9.17, 15) is 33.9 Å². The number of Topliss-reactive ketones (excluding diaryl/α,β-unsaturated/α-hetero) is 1. The molecule has 8 rings (SSSR count). The maximum Gasteiger partial charge on any atom is 0.353 e.